The van der Waals surface area contributed by atoms with E-state index in [1.54, 1.807) is 6.07 Å². The molecule has 0 spiro atoms. The van der Waals surface area contributed by atoms with Gasteiger partial charge in [-0.3, -0.25) is 0 Å². The monoisotopic (exact) mass is 236 g/mol. The van der Waals surface area contributed by atoms with Gasteiger partial charge >= 0.3 is 0 Å². The van der Waals surface area contributed by atoms with Crippen LogP contribution in [-0.2, 0) is 0 Å². The van der Waals surface area contributed by atoms with E-state index in [0.29, 0.717) is 10.8 Å². The molecule has 0 aliphatic carbocycles. The Balaban J connectivity index is 2.00. The van der Waals surface area contributed by atoms with E-state index in [9.17, 15) is 4.39 Å². The third-order valence-electron chi connectivity index (χ3n) is 2.65. The Hall–Kier alpha value is -1.21. The number of benzene rings is 1. The van der Waals surface area contributed by atoms with Crippen LogP contribution in [0.15, 0.2) is 18.2 Å². The highest BCUT2D eigenvalue weighted by Crippen LogP contribution is 2.26. The third kappa shape index (κ3) is 2.67. The molecule has 1 aliphatic rings. The summed E-state index contributed by atoms with van der Waals surface area (Å²) in [6.45, 7) is 0.852. The van der Waals surface area contributed by atoms with Gasteiger partial charge in [0, 0.05) is 11.8 Å². The second-order valence-corrected chi connectivity index (χ2v) is 5.23. The Kier molecular flexibility index (Phi) is 3.68. The Morgan fingerprint density at radius 2 is 2.44 bits per heavy atom. The lowest BCUT2D eigenvalue weighted by Crippen LogP contribution is -2.14. The van der Waals surface area contributed by atoms with E-state index >= 15 is 0 Å². The second-order valence-electron chi connectivity index (χ2n) is 3.82. The summed E-state index contributed by atoms with van der Waals surface area (Å²) in [6, 6.07) is 6.28. The van der Waals surface area contributed by atoms with E-state index in [0.717, 1.165) is 12.2 Å². The maximum Gasteiger partial charge on any atom is 0.124 e. The number of rotatable bonds is 3. The van der Waals surface area contributed by atoms with E-state index in [1.165, 1.54) is 30.7 Å². The first-order chi connectivity index (χ1) is 7.79. The summed E-state index contributed by atoms with van der Waals surface area (Å²) >= 11 is 1.96. The van der Waals surface area contributed by atoms with Crippen molar-refractivity contribution in [2.75, 3.05) is 17.6 Å². The highest BCUT2D eigenvalue weighted by molar-refractivity contribution is 8.00. The lowest BCUT2D eigenvalue weighted by Gasteiger charge is -2.12. The summed E-state index contributed by atoms with van der Waals surface area (Å²) in [5.41, 5.74) is 1.11. The SMILES string of the molecule is N#Cc1cc(F)ccc1NCC1CCCS1. The highest BCUT2D eigenvalue weighted by atomic mass is 32.2. The Labute approximate surface area is 98.8 Å². The highest BCUT2D eigenvalue weighted by Gasteiger charge is 2.15. The van der Waals surface area contributed by atoms with E-state index in [1.807, 2.05) is 17.8 Å². The van der Waals surface area contributed by atoms with Crippen molar-refractivity contribution in [1.29, 1.82) is 5.26 Å². The maximum absolute atomic E-state index is 12.9. The summed E-state index contributed by atoms with van der Waals surface area (Å²) < 4.78 is 12.9. The number of anilines is 1. The van der Waals surface area contributed by atoms with Crippen LogP contribution in [0.4, 0.5) is 10.1 Å². The minimum atomic E-state index is -0.364. The lowest BCUT2D eigenvalue weighted by molar-refractivity contribution is 0.627. The molecule has 0 amide bonds. The first kappa shape index (κ1) is 11.3. The molecule has 1 N–H and O–H groups in total. The van der Waals surface area contributed by atoms with Crippen LogP contribution in [0.5, 0.6) is 0 Å². The van der Waals surface area contributed by atoms with E-state index in [-0.39, 0.29) is 5.82 Å². The van der Waals surface area contributed by atoms with E-state index in [2.05, 4.69) is 5.32 Å². The van der Waals surface area contributed by atoms with Crippen LogP contribution in [0, 0.1) is 17.1 Å². The minimum absolute atomic E-state index is 0.364. The van der Waals surface area contributed by atoms with Crippen LogP contribution in [0.2, 0.25) is 0 Å². The second kappa shape index (κ2) is 5.22. The van der Waals surface area contributed by atoms with Gasteiger partial charge in [-0.1, -0.05) is 0 Å². The fraction of sp³-hybridized carbons (Fsp3) is 0.417. The molecule has 0 bridgehead atoms. The molecular weight excluding hydrogens is 223 g/mol. The minimum Gasteiger partial charge on any atom is -0.383 e. The number of thioether (sulfide) groups is 1. The fourth-order valence-electron chi connectivity index (χ4n) is 1.79. The standard InChI is InChI=1S/C12H13FN2S/c13-10-3-4-12(9(6-10)7-14)15-8-11-2-1-5-16-11/h3-4,6,11,15H,1-2,5,8H2. The number of halogens is 1. The van der Waals surface area contributed by atoms with Crippen molar-refractivity contribution in [1.82, 2.24) is 0 Å². The molecule has 1 heterocycles. The molecule has 1 atom stereocenters. The van der Waals surface area contributed by atoms with Gasteiger partial charge in [-0.05, 0) is 36.8 Å². The molecule has 1 saturated heterocycles. The average molecular weight is 236 g/mol. The number of nitrogens with one attached hydrogen (secondary N) is 1. The molecule has 0 aromatic heterocycles. The zero-order chi connectivity index (χ0) is 11.4. The summed E-state index contributed by atoms with van der Waals surface area (Å²) in [5.74, 6) is 0.860. The normalized spacial score (nSPS) is 19.4. The van der Waals surface area contributed by atoms with Crippen LogP contribution in [0.25, 0.3) is 0 Å². The van der Waals surface area contributed by atoms with E-state index in [4.69, 9.17) is 5.26 Å². The maximum atomic E-state index is 12.9. The van der Waals surface area contributed by atoms with Gasteiger partial charge in [0.05, 0.1) is 11.3 Å². The molecule has 0 radical (unpaired) electrons. The molecule has 2 nitrogen and oxygen atoms in total. The topological polar surface area (TPSA) is 35.8 Å². The summed E-state index contributed by atoms with van der Waals surface area (Å²) in [5, 5.41) is 12.7. The number of hydrogen-bond donors (Lipinski definition) is 1. The van der Waals surface area contributed by atoms with Crippen molar-refractivity contribution in [3.05, 3.63) is 29.6 Å². The van der Waals surface area contributed by atoms with Crippen molar-refractivity contribution < 1.29 is 4.39 Å². The van der Waals surface area contributed by atoms with Gasteiger partial charge in [0.15, 0.2) is 0 Å². The average Bonchev–Trinajstić information content (AvgIpc) is 2.80. The van der Waals surface area contributed by atoms with Gasteiger partial charge in [0.1, 0.15) is 11.9 Å². The Morgan fingerprint density at radius 1 is 1.56 bits per heavy atom. The summed E-state index contributed by atoms with van der Waals surface area (Å²) in [6.07, 6.45) is 2.49. The van der Waals surface area contributed by atoms with Crippen molar-refractivity contribution in [2.24, 2.45) is 0 Å². The van der Waals surface area contributed by atoms with Gasteiger partial charge in [-0.2, -0.15) is 17.0 Å². The number of hydrogen-bond acceptors (Lipinski definition) is 3. The number of nitriles is 1. The first-order valence-corrected chi connectivity index (χ1v) is 6.39. The van der Waals surface area contributed by atoms with Crippen LogP contribution >= 0.6 is 11.8 Å². The predicted octanol–water partition coefficient (Wildman–Crippen LogP) is 3.00. The molecule has 1 aromatic rings. The van der Waals surface area contributed by atoms with Gasteiger partial charge in [0.2, 0.25) is 0 Å². The quantitative estimate of drug-likeness (QED) is 0.876. The lowest BCUT2D eigenvalue weighted by atomic mass is 10.2. The number of nitrogens with zero attached hydrogens (tertiary/aromatic N) is 1. The molecule has 0 saturated carbocycles. The van der Waals surface area contributed by atoms with Gasteiger partial charge in [-0.25, -0.2) is 4.39 Å². The molecular formula is C12H13FN2S. The van der Waals surface area contributed by atoms with Gasteiger partial charge < -0.3 is 5.32 Å². The van der Waals surface area contributed by atoms with Crippen molar-refractivity contribution in [2.45, 2.75) is 18.1 Å². The fourth-order valence-corrected chi connectivity index (χ4v) is 2.99. The Bertz CT molecular complexity index is 408. The van der Waals surface area contributed by atoms with Crippen LogP contribution < -0.4 is 5.32 Å². The van der Waals surface area contributed by atoms with E-state index < -0.39 is 0 Å². The zero-order valence-corrected chi connectivity index (χ0v) is 9.69. The van der Waals surface area contributed by atoms with Crippen molar-refractivity contribution >= 4 is 17.4 Å². The molecule has 1 unspecified atom stereocenters. The zero-order valence-electron chi connectivity index (χ0n) is 8.87. The molecule has 1 aliphatic heterocycles. The largest absolute Gasteiger partial charge is 0.383 e. The van der Waals surface area contributed by atoms with Crippen LogP contribution in [0.3, 0.4) is 0 Å². The third-order valence-corrected chi connectivity index (χ3v) is 4.04. The van der Waals surface area contributed by atoms with Gasteiger partial charge in [0.25, 0.3) is 0 Å². The molecule has 1 aromatic carbocycles. The summed E-state index contributed by atoms with van der Waals surface area (Å²) in [7, 11) is 0. The molecule has 1 fully saturated rings. The predicted molar refractivity (Wildman–Crippen MR) is 65.1 cm³/mol. The molecule has 16 heavy (non-hydrogen) atoms. The molecule has 84 valence electrons. The smallest absolute Gasteiger partial charge is 0.124 e. The first-order valence-electron chi connectivity index (χ1n) is 5.35. The van der Waals surface area contributed by atoms with Gasteiger partial charge in [-0.15, -0.1) is 0 Å². The summed E-state index contributed by atoms with van der Waals surface area (Å²) in [4.78, 5) is 0. The van der Waals surface area contributed by atoms with Crippen molar-refractivity contribution in [3.8, 4) is 6.07 Å². The molecule has 2 rings (SSSR count). The van der Waals surface area contributed by atoms with Crippen LogP contribution in [0.1, 0.15) is 18.4 Å². The molecule has 4 heteroatoms. The van der Waals surface area contributed by atoms with Crippen LogP contribution in [-0.4, -0.2) is 17.5 Å². The van der Waals surface area contributed by atoms with Crippen molar-refractivity contribution in [3.63, 3.8) is 0 Å². The Morgan fingerprint density at radius 3 is 3.12 bits per heavy atom.